The fraction of sp³-hybridized carbons (Fsp3) is 0.278. The summed E-state index contributed by atoms with van der Waals surface area (Å²) < 4.78 is 59.9. The summed E-state index contributed by atoms with van der Waals surface area (Å²) in [6.45, 7) is 0.0404. The second kappa shape index (κ2) is 9.11. The highest BCUT2D eigenvalue weighted by atomic mass is 19.4. The van der Waals surface area contributed by atoms with Crippen LogP contribution in [-0.4, -0.2) is 37.5 Å². The SMILES string of the molecule is CN(Cc1ccccc1OC(F)(F)F)C(=O)NCCOc1ccccc1F. The highest BCUT2D eigenvalue weighted by Crippen LogP contribution is 2.26. The van der Waals surface area contributed by atoms with Crippen LogP contribution >= 0.6 is 0 Å². The molecule has 0 bridgehead atoms. The Hall–Kier alpha value is -2.97. The molecule has 0 unspecified atom stereocenters. The van der Waals surface area contributed by atoms with E-state index < -0.39 is 18.2 Å². The van der Waals surface area contributed by atoms with E-state index in [1.165, 1.54) is 48.3 Å². The van der Waals surface area contributed by atoms with Crippen molar-refractivity contribution in [2.75, 3.05) is 20.2 Å². The zero-order valence-corrected chi connectivity index (χ0v) is 14.4. The first-order chi connectivity index (χ1) is 12.8. The molecule has 2 amide bonds. The van der Waals surface area contributed by atoms with Crippen molar-refractivity contribution in [3.63, 3.8) is 0 Å². The maximum atomic E-state index is 13.4. The average Bonchev–Trinajstić information content (AvgIpc) is 2.60. The fourth-order valence-corrected chi connectivity index (χ4v) is 2.20. The number of urea groups is 1. The average molecular weight is 386 g/mol. The van der Waals surface area contributed by atoms with Crippen LogP contribution in [-0.2, 0) is 6.54 Å². The first-order valence-corrected chi connectivity index (χ1v) is 7.96. The van der Waals surface area contributed by atoms with Crippen molar-refractivity contribution in [2.24, 2.45) is 0 Å². The number of benzene rings is 2. The van der Waals surface area contributed by atoms with E-state index in [0.717, 1.165) is 0 Å². The standard InChI is InChI=1S/C18H18F4N2O3/c1-24(12-13-6-2-4-8-15(13)27-18(20,21)22)17(25)23-10-11-26-16-9-5-3-7-14(16)19/h2-9H,10-12H2,1H3,(H,23,25). The third-order valence-corrected chi connectivity index (χ3v) is 3.43. The minimum absolute atomic E-state index is 0.0360. The quantitative estimate of drug-likeness (QED) is 0.579. The Morgan fingerprint density at radius 1 is 1.07 bits per heavy atom. The van der Waals surface area contributed by atoms with E-state index in [4.69, 9.17) is 4.74 Å². The van der Waals surface area contributed by atoms with E-state index in [2.05, 4.69) is 10.1 Å². The maximum Gasteiger partial charge on any atom is 0.573 e. The van der Waals surface area contributed by atoms with Crippen molar-refractivity contribution < 1.29 is 31.8 Å². The number of carbonyl (C=O) groups excluding carboxylic acids is 1. The number of nitrogens with one attached hydrogen (secondary N) is 1. The Kier molecular flexibility index (Phi) is 6.86. The minimum Gasteiger partial charge on any atom is -0.489 e. The molecule has 0 saturated heterocycles. The Labute approximate surface area is 153 Å². The van der Waals surface area contributed by atoms with Crippen LogP contribution in [0.1, 0.15) is 5.56 Å². The summed E-state index contributed by atoms with van der Waals surface area (Å²) in [6.07, 6.45) is -4.82. The van der Waals surface area contributed by atoms with Gasteiger partial charge in [-0.25, -0.2) is 9.18 Å². The van der Waals surface area contributed by atoms with Crippen molar-refractivity contribution >= 4 is 6.03 Å². The van der Waals surface area contributed by atoms with Crippen LogP contribution in [0.25, 0.3) is 0 Å². The Bertz CT molecular complexity index is 768. The van der Waals surface area contributed by atoms with Gasteiger partial charge in [-0.05, 0) is 18.2 Å². The summed E-state index contributed by atoms with van der Waals surface area (Å²) in [5.74, 6) is -0.812. The van der Waals surface area contributed by atoms with Crippen molar-refractivity contribution in [2.45, 2.75) is 12.9 Å². The molecule has 9 heteroatoms. The lowest BCUT2D eigenvalue weighted by molar-refractivity contribution is -0.275. The molecule has 0 aliphatic carbocycles. The number of nitrogens with zero attached hydrogens (tertiary/aromatic N) is 1. The van der Waals surface area contributed by atoms with Crippen LogP contribution in [0.2, 0.25) is 0 Å². The Morgan fingerprint density at radius 3 is 2.37 bits per heavy atom. The number of halogens is 4. The summed E-state index contributed by atoms with van der Waals surface area (Å²) in [7, 11) is 1.43. The van der Waals surface area contributed by atoms with Gasteiger partial charge >= 0.3 is 12.4 Å². The molecule has 0 atom stereocenters. The summed E-state index contributed by atoms with van der Waals surface area (Å²) in [4.78, 5) is 13.2. The van der Waals surface area contributed by atoms with Gasteiger partial charge < -0.3 is 19.7 Å². The summed E-state index contributed by atoms with van der Waals surface area (Å²) in [6, 6.07) is 10.9. The van der Waals surface area contributed by atoms with Gasteiger partial charge in [0, 0.05) is 12.6 Å². The van der Waals surface area contributed by atoms with Gasteiger partial charge in [-0.2, -0.15) is 0 Å². The number of hydrogen-bond donors (Lipinski definition) is 1. The van der Waals surface area contributed by atoms with Gasteiger partial charge in [0.15, 0.2) is 11.6 Å². The topological polar surface area (TPSA) is 50.8 Å². The van der Waals surface area contributed by atoms with E-state index in [1.807, 2.05) is 0 Å². The number of carbonyl (C=O) groups is 1. The molecule has 27 heavy (non-hydrogen) atoms. The lowest BCUT2D eigenvalue weighted by atomic mass is 10.2. The molecule has 0 aromatic heterocycles. The second-order valence-corrected chi connectivity index (χ2v) is 5.52. The van der Waals surface area contributed by atoms with Crippen LogP contribution in [0, 0.1) is 5.82 Å². The third kappa shape index (κ3) is 6.69. The van der Waals surface area contributed by atoms with Crippen LogP contribution in [0.15, 0.2) is 48.5 Å². The molecule has 2 aromatic rings. The molecule has 2 rings (SSSR count). The summed E-state index contributed by atoms with van der Waals surface area (Å²) >= 11 is 0. The number of amides is 2. The van der Waals surface area contributed by atoms with Gasteiger partial charge in [-0.3, -0.25) is 0 Å². The van der Waals surface area contributed by atoms with E-state index in [-0.39, 0.29) is 36.8 Å². The lowest BCUT2D eigenvalue weighted by Gasteiger charge is -2.20. The van der Waals surface area contributed by atoms with Crippen molar-refractivity contribution in [1.82, 2.24) is 10.2 Å². The first kappa shape index (κ1) is 20.3. The molecular formula is C18H18F4N2O3. The predicted molar refractivity (Wildman–Crippen MR) is 89.9 cm³/mol. The molecule has 1 N–H and O–H groups in total. The third-order valence-electron chi connectivity index (χ3n) is 3.43. The number of ether oxygens (including phenoxy) is 2. The van der Waals surface area contributed by atoms with Crippen molar-refractivity contribution in [3.8, 4) is 11.5 Å². The van der Waals surface area contributed by atoms with Gasteiger partial charge in [0.25, 0.3) is 0 Å². The maximum absolute atomic E-state index is 13.4. The van der Waals surface area contributed by atoms with Crippen molar-refractivity contribution in [1.29, 1.82) is 0 Å². The summed E-state index contributed by atoms with van der Waals surface area (Å²) in [5, 5.41) is 2.54. The van der Waals surface area contributed by atoms with Crippen LogP contribution < -0.4 is 14.8 Å². The van der Waals surface area contributed by atoms with Gasteiger partial charge in [-0.15, -0.1) is 13.2 Å². The zero-order valence-electron chi connectivity index (χ0n) is 14.4. The molecule has 0 fully saturated rings. The molecule has 5 nitrogen and oxygen atoms in total. The smallest absolute Gasteiger partial charge is 0.489 e. The highest BCUT2D eigenvalue weighted by Gasteiger charge is 2.32. The molecule has 0 heterocycles. The number of hydrogen-bond acceptors (Lipinski definition) is 3. The molecule has 0 radical (unpaired) electrons. The molecular weight excluding hydrogens is 368 g/mol. The minimum atomic E-state index is -4.82. The molecule has 0 aliphatic heterocycles. The van der Waals surface area contributed by atoms with Gasteiger partial charge in [-0.1, -0.05) is 30.3 Å². The number of alkyl halides is 3. The molecule has 0 aliphatic rings. The zero-order chi connectivity index (χ0) is 19.9. The highest BCUT2D eigenvalue weighted by molar-refractivity contribution is 5.73. The van der Waals surface area contributed by atoms with Gasteiger partial charge in [0.05, 0.1) is 13.1 Å². The van der Waals surface area contributed by atoms with E-state index in [1.54, 1.807) is 12.1 Å². The second-order valence-electron chi connectivity index (χ2n) is 5.52. The number of para-hydroxylation sites is 2. The first-order valence-electron chi connectivity index (χ1n) is 7.96. The molecule has 0 saturated carbocycles. The molecule has 2 aromatic carbocycles. The Balaban J connectivity index is 1.83. The normalized spacial score (nSPS) is 11.0. The van der Waals surface area contributed by atoms with Gasteiger partial charge in [0.1, 0.15) is 12.4 Å². The molecule has 0 spiro atoms. The van der Waals surface area contributed by atoms with E-state index >= 15 is 0 Å². The lowest BCUT2D eigenvalue weighted by Crippen LogP contribution is -2.38. The summed E-state index contributed by atoms with van der Waals surface area (Å²) in [5.41, 5.74) is 0.204. The van der Waals surface area contributed by atoms with Crippen LogP contribution in [0.3, 0.4) is 0 Å². The van der Waals surface area contributed by atoms with Crippen molar-refractivity contribution in [3.05, 3.63) is 59.9 Å². The monoisotopic (exact) mass is 386 g/mol. The number of rotatable bonds is 7. The molecule has 146 valence electrons. The van der Waals surface area contributed by atoms with Crippen LogP contribution in [0.4, 0.5) is 22.4 Å². The van der Waals surface area contributed by atoms with Gasteiger partial charge in [0.2, 0.25) is 0 Å². The Morgan fingerprint density at radius 2 is 1.70 bits per heavy atom. The largest absolute Gasteiger partial charge is 0.573 e. The van der Waals surface area contributed by atoms with Crippen LogP contribution in [0.5, 0.6) is 11.5 Å². The predicted octanol–water partition coefficient (Wildman–Crippen LogP) is 3.94. The van der Waals surface area contributed by atoms with E-state index in [0.29, 0.717) is 0 Å². The fourth-order valence-electron chi connectivity index (χ4n) is 2.20. The van der Waals surface area contributed by atoms with E-state index in [9.17, 15) is 22.4 Å².